The minimum atomic E-state index is -0.0798. The van der Waals surface area contributed by atoms with Gasteiger partial charge in [-0.25, -0.2) is 0 Å². The van der Waals surface area contributed by atoms with Gasteiger partial charge in [-0.15, -0.1) is 10.2 Å². The van der Waals surface area contributed by atoms with Crippen LogP contribution in [0.2, 0.25) is 0 Å². The summed E-state index contributed by atoms with van der Waals surface area (Å²) in [5, 5.41) is 9.31. The van der Waals surface area contributed by atoms with E-state index in [1.807, 2.05) is 0 Å². The van der Waals surface area contributed by atoms with E-state index in [2.05, 4.69) is 20.2 Å². The second-order valence-electron chi connectivity index (χ2n) is 4.44. The smallest absolute Gasteiger partial charge is 0.234 e. The van der Waals surface area contributed by atoms with Gasteiger partial charge in [-0.2, -0.15) is 0 Å². The zero-order valence-electron chi connectivity index (χ0n) is 10.9. The third-order valence-electron chi connectivity index (χ3n) is 3.09. The number of carbonyl (C=O) groups is 1. The Balaban J connectivity index is 1.77. The average molecular weight is 291 g/mol. The Bertz CT molecular complexity index is 597. The number of carbonyl (C=O) groups excluding carboxylic acids is 1. The maximum absolute atomic E-state index is 12.2. The molecule has 0 aliphatic carbocycles. The molecule has 7 nitrogen and oxygen atoms in total. The Kier molecular flexibility index (Phi) is 3.66. The van der Waals surface area contributed by atoms with Gasteiger partial charge in [0.2, 0.25) is 11.0 Å². The number of anilines is 1. The van der Waals surface area contributed by atoms with Gasteiger partial charge in [0.1, 0.15) is 5.69 Å². The van der Waals surface area contributed by atoms with Crippen LogP contribution in [0, 0.1) is 5.92 Å². The summed E-state index contributed by atoms with van der Waals surface area (Å²) in [4.78, 5) is 21.9. The molecule has 20 heavy (non-hydrogen) atoms. The van der Waals surface area contributed by atoms with Crippen molar-refractivity contribution in [2.45, 2.75) is 6.42 Å². The van der Waals surface area contributed by atoms with Gasteiger partial charge in [0, 0.05) is 26.0 Å². The highest BCUT2D eigenvalue weighted by atomic mass is 32.1. The molecule has 0 unspecified atom stereocenters. The fourth-order valence-corrected chi connectivity index (χ4v) is 2.73. The molecule has 0 saturated carbocycles. The summed E-state index contributed by atoms with van der Waals surface area (Å²) in [6.45, 7) is 1.13. The molecule has 1 saturated heterocycles. The van der Waals surface area contributed by atoms with Gasteiger partial charge in [-0.3, -0.25) is 19.7 Å². The predicted octanol–water partition coefficient (Wildman–Crippen LogP) is 0.994. The number of rotatable bonds is 3. The van der Waals surface area contributed by atoms with Gasteiger partial charge in [0.15, 0.2) is 5.01 Å². The Morgan fingerprint density at radius 2 is 2.35 bits per heavy atom. The molecule has 0 spiro atoms. The van der Waals surface area contributed by atoms with Gasteiger partial charge in [-0.05, 0) is 6.42 Å². The van der Waals surface area contributed by atoms with Crippen LogP contribution in [0.1, 0.15) is 6.42 Å². The molecule has 0 N–H and O–H groups in total. The van der Waals surface area contributed by atoms with Crippen molar-refractivity contribution in [3.63, 3.8) is 0 Å². The molecule has 2 aromatic heterocycles. The van der Waals surface area contributed by atoms with E-state index in [-0.39, 0.29) is 11.8 Å². The zero-order chi connectivity index (χ0) is 13.9. The van der Waals surface area contributed by atoms with Crippen molar-refractivity contribution < 1.29 is 9.53 Å². The highest BCUT2D eigenvalue weighted by Gasteiger charge is 2.28. The summed E-state index contributed by atoms with van der Waals surface area (Å²) in [6, 6.07) is 0. The molecule has 1 aliphatic rings. The summed E-state index contributed by atoms with van der Waals surface area (Å²) in [5.41, 5.74) is 0.654. The third kappa shape index (κ3) is 2.52. The lowest BCUT2D eigenvalue weighted by Gasteiger charge is -2.16. The Hall–Kier alpha value is -1.93. The number of amides is 1. The molecule has 3 rings (SSSR count). The van der Waals surface area contributed by atoms with Gasteiger partial charge < -0.3 is 4.74 Å². The topological polar surface area (TPSA) is 81.1 Å². The third-order valence-corrected chi connectivity index (χ3v) is 4.12. The van der Waals surface area contributed by atoms with Crippen molar-refractivity contribution in [2.75, 3.05) is 25.2 Å². The summed E-state index contributed by atoms with van der Waals surface area (Å²) in [7, 11) is 1.71. The Morgan fingerprint density at radius 3 is 3.05 bits per heavy atom. The second-order valence-corrected chi connectivity index (χ2v) is 5.39. The Morgan fingerprint density at radius 1 is 1.45 bits per heavy atom. The van der Waals surface area contributed by atoms with Crippen LogP contribution in [0.5, 0.6) is 0 Å². The van der Waals surface area contributed by atoms with Crippen molar-refractivity contribution in [3.05, 3.63) is 18.6 Å². The van der Waals surface area contributed by atoms with Crippen molar-refractivity contribution in [3.8, 4) is 10.7 Å². The first-order valence-corrected chi connectivity index (χ1v) is 7.02. The van der Waals surface area contributed by atoms with Gasteiger partial charge in [0.25, 0.3) is 0 Å². The molecule has 0 bridgehead atoms. The van der Waals surface area contributed by atoms with Crippen LogP contribution in [-0.4, -0.2) is 46.3 Å². The monoisotopic (exact) mass is 291 g/mol. The second kappa shape index (κ2) is 5.59. The summed E-state index contributed by atoms with van der Waals surface area (Å²) in [5.74, 6) is -0.0618. The van der Waals surface area contributed by atoms with E-state index in [4.69, 9.17) is 4.74 Å². The molecule has 1 aliphatic heterocycles. The molecular weight excluding hydrogens is 278 g/mol. The molecule has 2 aromatic rings. The van der Waals surface area contributed by atoms with Crippen molar-refractivity contribution in [1.29, 1.82) is 0 Å². The summed E-state index contributed by atoms with van der Waals surface area (Å²) < 4.78 is 5.24. The summed E-state index contributed by atoms with van der Waals surface area (Å²) >= 11 is 1.32. The first kappa shape index (κ1) is 13.1. The molecule has 0 radical (unpaired) electrons. The molecule has 0 aromatic carbocycles. The maximum Gasteiger partial charge on any atom is 0.234 e. The van der Waals surface area contributed by atoms with Crippen molar-refractivity contribution >= 4 is 22.4 Å². The van der Waals surface area contributed by atoms with E-state index in [9.17, 15) is 4.79 Å². The van der Waals surface area contributed by atoms with E-state index in [0.29, 0.717) is 29.0 Å². The van der Waals surface area contributed by atoms with E-state index in [1.54, 1.807) is 25.6 Å². The lowest BCUT2D eigenvalue weighted by molar-refractivity contribution is -0.122. The van der Waals surface area contributed by atoms with Gasteiger partial charge >= 0.3 is 0 Å². The maximum atomic E-state index is 12.2. The van der Waals surface area contributed by atoms with Crippen LogP contribution in [-0.2, 0) is 9.53 Å². The number of hydrogen-bond acceptors (Lipinski definition) is 7. The van der Waals surface area contributed by atoms with Crippen molar-refractivity contribution in [2.24, 2.45) is 5.92 Å². The van der Waals surface area contributed by atoms with Crippen LogP contribution in [0.4, 0.5) is 5.13 Å². The largest absolute Gasteiger partial charge is 0.381 e. The van der Waals surface area contributed by atoms with E-state index < -0.39 is 0 Å². The van der Waals surface area contributed by atoms with E-state index in [1.165, 1.54) is 16.2 Å². The van der Waals surface area contributed by atoms with Crippen LogP contribution in [0.3, 0.4) is 0 Å². The van der Waals surface area contributed by atoms with Crippen LogP contribution in [0.15, 0.2) is 18.6 Å². The number of aromatic nitrogens is 4. The first-order valence-electron chi connectivity index (χ1n) is 6.21. The molecule has 3 heterocycles. The fourth-order valence-electron chi connectivity index (χ4n) is 1.96. The van der Waals surface area contributed by atoms with Crippen LogP contribution in [0.25, 0.3) is 10.7 Å². The molecular formula is C12H13N5O2S. The number of nitrogens with zero attached hydrogens (tertiary/aromatic N) is 5. The minimum Gasteiger partial charge on any atom is -0.381 e. The molecule has 8 heteroatoms. The molecule has 1 fully saturated rings. The van der Waals surface area contributed by atoms with Gasteiger partial charge in [-0.1, -0.05) is 11.3 Å². The first-order chi connectivity index (χ1) is 9.75. The minimum absolute atomic E-state index is 0.0179. The zero-order valence-corrected chi connectivity index (χ0v) is 11.7. The number of hydrogen-bond donors (Lipinski definition) is 0. The van der Waals surface area contributed by atoms with Crippen LogP contribution >= 0.6 is 11.3 Å². The van der Waals surface area contributed by atoms with E-state index in [0.717, 1.165) is 6.42 Å². The lowest BCUT2D eigenvalue weighted by atomic mass is 10.1. The Labute approximate surface area is 119 Å². The number of ether oxygens (including phenoxy) is 1. The van der Waals surface area contributed by atoms with E-state index >= 15 is 0 Å². The molecule has 104 valence electrons. The highest BCUT2D eigenvalue weighted by molar-refractivity contribution is 7.18. The quantitative estimate of drug-likeness (QED) is 0.839. The van der Waals surface area contributed by atoms with Crippen molar-refractivity contribution in [1.82, 2.24) is 20.2 Å². The lowest BCUT2D eigenvalue weighted by Crippen LogP contribution is -2.33. The molecule has 1 atom stereocenters. The standard InChI is InChI=1S/C12H13N5O2S/c1-17(11(18)8-2-5-19-7-8)12-16-15-10(20-12)9-6-13-3-4-14-9/h3-4,6,8H,2,5,7H2,1H3/t8-/m0/s1. The normalized spacial score (nSPS) is 18.1. The fraction of sp³-hybridized carbons (Fsp3) is 0.417. The van der Waals surface area contributed by atoms with Crippen LogP contribution < -0.4 is 4.90 Å². The van der Waals surface area contributed by atoms with Gasteiger partial charge in [0.05, 0.1) is 18.7 Å². The predicted molar refractivity (Wildman–Crippen MR) is 73.3 cm³/mol. The highest BCUT2D eigenvalue weighted by Crippen LogP contribution is 2.27. The SMILES string of the molecule is CN(C(=O)[C@H]1CCOC1)c1nnc(-c2cnccn2)s1. The average Bonchev–Trinajstić information content (AvgIpc) is 3.18. The molecule has 1 amide bonds. The summed E-state index contributed by atoms with van der Waals surface area (Å²) in [6.07, 6.45) is 5.58.